The maximum atomic E-state index is 15.6. The number of hydrogen-bond acceptors (Lipinski definition) is 8. The highest BCUT2D eigenvalue weighted by Crippen LogP contribution is 2.43. The summed E-state index contributed by atoms with van der Waals surface area (Å²) in [6.07, 6.45) is 1.30. The second-order valence-corrected chi connectivity index (χ2v) is 11.2. The van der Waals surface area contributed by atoms with Crippen LogP contribution in [-0.2, 0) is 17.1 Å². The Morgan fingerprint density at radius 3 is 2.89 bits per heavy atom. The van der Waals surface area contributed by atoms with Crippen LogP contribution in [0.1, 0.15) is 39.5 Å². The fraction of sp³-hybridized carbons (Fsp3) is 0.480. The zero-order valence-corrected chi connectivity index (χ0v) is 20.7. The summed E-state index contributed by atoms with van der Waals surface area (Å²) in [7, 11) is 0. The second kappa shape index (κ2) is 8.32. The van der Waals surface area contributed by atoms with Gasteiger partial charge in [-0.3, -0.25) is 4.79 Å². The van der Waals surface area contributed by atoms with Crippen LogP contribution in [0.5, 0.6) is 0 Å². The first-order valence-corrected chi connectivity index (χ1v) is 12.9. The van der Waals surface area contributed by atoms with E-state index in [2.05, 4.69) is 20.2 Å². The summed E-state index contributed by atoms with van der Waals surface area (Å²) in [5.74, 6) is -3.22. The van der Waals surface area contributed by atoms with Crippen LogP contribution in [0.3, 0.4) is 0 Å². The minimum atomic E-state index is -3.27. The molecule has 3 aromatic heterocycles. The molecule has 11 heteroatoms. The molecule has 3 unspecified atom stereocenters. The van der Waals surface area contributed by atoms with Gasteiger partial charge >= 0.3 is 0 Å². The quantitative estimate of drug-likeness (QED) is 0.492. The van der Waals surface area contributed by atoms with E-state index in [0.29, 0.717) is 54.5 Å². The predicted molar refractivity (Wildman–Crippen MR) is 135 cm³/mol. The number of nitrogens with two attached hydrogens (primary N) is 2. The summed E-state index contributed by atoms with van der Waals surface area (Å²) >= 11 is 1.11. The van der Waals surface area contributed by atoms with Crippen LogP contribution < -0.4 is 21.7 Å². The van der Waals surface area contributed by atoms with E-state index >= 15 is 8.78 Å². The van der Waals surface area contributed by atoms with Gasteiger partial charge < -0.3 is 26.4 Å². The number of anilines is 2. The number of pyridine rings is 2. The van der Waals surface area contributed by atoms with Gasteiger partial charge in [0.15, 0.2) is 0 Å². The molecule has 0 radical (unpaired) electrons. The van der Waals surface area contributed by atoms with Crippen LogP contribution in [0.15, 0.2) is 24.3 Å². The summed E-state index contributed by atoms with van der Waals surface area (Å²) < 4.78 is 36.7. The molecule has 3 aliphatic rings. The lowest BCUT2D eigenvalue weighted by Gasteiger charge is -2.34. The Hall–Kier alpha value is -2.89. The van der Waals surface area contributed by atoms with Gasteiger partial charge in [-0.1, -0.05) is 0 Å². The first kappa shape index (κ1) is 23.5. The van der Waals surface area contributed by atoms with Gasteiger partial charge in [0.2, 0.25) is 0 Å². The first-order chi connectivity index (χ1) is 17.2. The Kier molecular flexibility index (Phi) is 5.43. The number of amides is 1. The number of nitrogens with zero attached hydrogens (tertiary/aromatic N) is 3. The molecule has 3 atom stereocenters. The maximum Gasteiger partial charge on any atom is 0.294 e. The highest BCUT2D eigenvalue weighted by atomic mass is 32.1. The lowest BCUT2D eigenvalue weighted by atomic mass is 9.83. The Morgan fingerprint density at radius 1 is 1.28 bits per heavy atom. The van der Waals surface area contributed by atoms with Crippen molar-refractivity contribution in [1.82, 2.24) is 15.3 Å². The molecule has 1 aliphatic carbocycles. The van der Waals surface area contributed by atoms with E-state index in [4.69, 9.17) is 16.2 Å². The van der Waals surface area contributed by atoms with E-state index in [1.807, 2.05) is 6.92 Å². The fourth-order valence-corrected chi connectivity index (χ4v) is 6.71. The topological polar surface area (TPSA) is 119 Å². The van der Waals surface area contributed by atoms with Crippen LogP contribution in [0.2, 0.25) is 0 Å². The highest BCUT2D eigenvalue weighted by molar-refractivity contribution is 7.21. The molecular formula is C25H28F2N6O2S. The van der Waals surface area contributed by atoms with E-state index < -0.39 is 17.9 Å². The molecule has 2 fully saturated rings. The molecule has 36 heavy (non-hydrogen) atoms. The standard InChI is InChI=1S/C25H28F2N6O2S/c1-13-2-3-14-20(29)21(36-23(14)30-13)22(34)32-18-6-5-16-15(25(18,26)27)4-7-19(31-16)33-10-17(28)24(11-33)8-9-35-12-24/h2-4,7,17-18H,5-6,8-12,28-29H2,1H3,(H,32,34). The molecule has 5 N–H and O–H groups in total. The number of thiophene rings is 1. The van der Waals surface area contributed by atoms with Gasteiger partial charge in [-0.25, -0.2) is 9.97 Å². The predicted octanol–water partition coefficient (Wildman–Crippen LogP) is 2.97. The molecule has 2 aliphatic heterocycles. The Bertz CT molecular complexity index is 1360. The van der Waals surface area contributed by atoms with Crippen LogP contribution in [0.4, 0.5) is 20.3 Å². The number of aromatic nitrogens is 2. The van der Waals surface area contributed by atoms with Crippen molar-refractivity contribution in [3.05, 3.63) is 46.1 Å². The van der Waals surface area contributed by atoms with E-state index in [9.17, 15) is 4.79 Å². The molecule has 3 aromatic rings. The third kappa shape index (κ3) is 3.63. The summed E-state index contributed by atoms with van der Waals surface area (Å²) in [5, 5.41) is 3.19. The number of aryl methyl sites for hydroxylation is 2. The number of halogens is 2. The largest absolute Gasteiger partial charge is 0.397 e. The smallest absolute Gasteiger partial charge is 0.294 e. The molecule has 190 valence electrons. The van der Waals surface area contributed by atoms with Gasteiger partial charge in [0.05, 0.1) is 24.0 Å². The van der Waals surface area contributed by atoms with E-state index in [1.54, 1.807) is 18.2 Å². The van der Waals surface area contributed by atoms with Crippen molar-refractivity contribution in [2.24, 2.45) is 11.1 Å². The molecule has 0 aromatic carbocycles. The minimum absolute atomic E-state index is 0.0423. The van der Waals surface area contributed by atoms with Crippen molar-refractivity contribution in [2.45, 2.75) is 44.2 Å². The lowest BCUT2D eigenvalue weighted by molar-refractivity contribution is -0.0509. The van der Waals surface area contributed by atoms with Crippen molar-refractivity contribution < 1.29 is 18.3 Å². The lowest BCUT2D eigenvalue weighted by Crippen LogP contribution is -2.49. The van der Waals surface area contributed by atoms with Gasteiger partial charge in [-0.2, -0.15) is 8.78 Å². The number of hydrogen-bond donors (Lipinski definition) is 3. The molecule has 2 saturated heterocycles. The zero-order chi connectivity index (χ0) is 25.2. The molecule has 1 spiro atoms. The number of nitrogens with one attached hydrogen (secondary N) is 1. The third-order valence-electron chi connectivity index (χ3n) is 7.84. The summed E-state index contributed by atoms with van der Waals surface area (Å²) in [4.78, 5) is 24.9. The number of fused-ring (bicyclic) bond motifs is 2. The Labute approximate surface area is 211 Å². The van der Waals surface area contributed by atoms with Gasteiger partial charge in [-0.15, -0.1) is 11.3 Å². The molecule has 1 amide bonds. The van der Waals surface area contributed by atoms with Gasteiger partial charge in [0.1, 0.15) is 15.5 Å². The van der Waals surface area contributed by atoms with Crippen LogP contribution in [-0.4, -0.2) is 54.3 Å². The molecule has 6 rings (SSSR count). The zero-order valence-electron chi connectivity index (χ0n) is 19.9. The molecular weight excluding hydrogens is 486 g/mol. The van der Waals surface area contributed by atoms with Gasteiger partial charge in [0.25, 0.3) is 11.8 Å². The van der Waals surface area contributed by atoms with Crippen LogP contribution in [0.25, 0.3) is 10.2 Å². The van der Waals surface area contributed by atoms with Crippen molar-refractivity contribution >= 4 is 39.0 Å². The first-order valence-electron chi connectivity index (χ1n) is 12.1. The molecule has 0 bridgehead atoms. The average molecular weight is 515 g/mol. The maximum absolute atomic E-state index is 15.6. The molecule has 8 nitrogen and oxygen atoms in total. The number of carbonyl (C=O) groups is 1. The Morgan fingerprint density at radius 2 is 2.11 bits per heavy atom. The fourth-order valence-electron chi connectivity index (χ4n) is 5.66. The van der Waals surface area contributed by atoms with E-state index in [0.717, 1.165) is 23.5 Å². The van der Waals surface area contributed by atoms with Crippen molar-refractivity contribution in [1.29, 1.82) is 0 Å². The second-order valence-electron chi connectivity index (χ2n) is 10.2. The van der Waals surface area contributed by atoms with Gasteiger partial charge in [0, 0.05) is 47.8 Å². The average Bonchev–Trinajstić information content (AvgIpc) is 3.54. The third-order valence-corrected chi connectivity index (χ3v) is 8.95. The normalized spacial score (nSPS) is 27.1. The molecule has 5 heterocycles. The number of ether oxygens (including phenoxy) is 1. The number of nitrogen functional groups attached to an aromatic ring is 1. The van der Waals surface area contributed by atoms with Crippen molar-refractivity contribution in [3.63, 3.8) is 0 Å². The highest BCUT2D eigenvalue weighted by Gasteiger charge is 2.49. The number of rotatable bonds is 3. The summed E-state index contributed by atoms with van der Waals surface area (Å²) in [5.41, 5.74) is 13.8. The van der Waals surface area contributed by atoms with Gasteiger partial charge in [-0.05, 0) is 50.5 Å². The minimum Gasteiger partial charge on any atom is -0.397 e. The summed E-state index contributed by atoms with van der Waals surface area (Å²) in [6, 6.07) is 5.28. The van der Waals surface area contributed by atoms with E-state index in [-0.39, 0.29) is 34.0 Å². The Balaban J connectivity index is 1.22. The molecule has 0 saturated carbocycles. The number of carbonyl (C=O) groups excluding carboxylic acids is 1. The number of alkyl halides is 2. The van der Waals surface area contributed by atoms with E-state index in [1.165, 1.54) is 6.07 Å². The summed E-state index contributed by atoms with van der Waals surface area (Å²) in [6.45, 7) is 4.49. The monoisotopic (exact) mass is 514 g/mol. The van der Waals surface area contributed by atoms with Crippen LogP contribution >= 0.6 is 11.3 Å². The SMILES string of the molecule is Cc1ccc2c(N)c(C(=O)NC3CCc4nc(N5CC(N)C6(CCOC6)C5)ccc4C3(F)F)sc2n1. The van der Waals surface area contributed by atoms with Crippen molar-refractivity contribution in [2.75, 3.05) is 36.9 Å². The van der Waals surface area contributed by atoms with Crippen LogP contribution in [0, 0.1) is 12.3 Å². The van der Waals surface area contributed by atoms with Crippen molar-refractivity contribution in [3.8, 4) is 0 Å².